The zero-order chi connectivity index (χ0) is 10.7. The number of nitrogen functional groups attached to an aromatic ring is 1. The number of aromatic nitrogens is 1. The molecule has 14 heavy (non-hydrogen) atoms. The largest absolute Gasteiger partial charge is 0.443 e. The van der Waals surface area contributed by atoms with E-state index >= 15 is 0 Å². The Morgan fingerprint density at radius 3 is 2.86 bits per heavy atom. The Bertz CT molecular complexity index is 389. The molecule has 1 rings (SSSR count). The highest BCUT2D eigenvalue weighted by Crippen LogP contribution is 2.10. The maximum absolute atomic E-state index is 11.4. The van der Waals surface area contributed by atoms with Crippen LogP contribution in [0.2, 0.25) is 0 Å². The maximum Gasteiger partial charge on any atom is 0.356 e. The molecule has 0 amide bonds. The van der Waals surface area contributed by atoms with Crippen molar-refractivity contribution in [3.63, 3.8) is 0 Å². The molecule has 1 atom stereocenters. The number of hydrogen-bond donors (Lipinski definition) is 1. The molecule has 0 aliphatic heterocycles. The Balaban J connectivity index is 2.80. The number of nitrogens with two attached hydrogens (primary N) is 1. The average Bonchev–Trinajstić information content (AvgIpc) is 2.45. The fraction of sp³-hybridized carbons (Fsp3) is 0.333. The van der Waals surface area contributed by atoms with Crippen molar-refractivity contribution in [3.8, 4) is 6.07 Å². The molecule has 1 unspecified atom stereocenters. The van der Waals surface area contributed by atoms with Gasteiger partial charge in [-0.05, 0) is 13.0 Å². The summed E-state index contributed by atoms with van der Waals surface area (Å²) in [6.45, 7) is 1.50. The van der Waals surface area contributed by atoms with Gasteiger partial charge < -0.3 is 15.0 Å². The summed E-state index contributed by atoms with van der Waals surface area (Å²) in [7, 11) is 1.68. The summed E-state index contributed by atoms with van der Waals surface area (Å²) < 4.78 is 6.36. The van der Waals surface area contributed by atoms with E-state index in [0.29, 0.717) is 11.4 Å². The molecule has 0 saturated carbocycles. The molecule has 5 nitrogen and oxygen atoms in total. The number of aryl methyl sites for hydroxylation is 1. The molecular weight excluding hydrogens is 182 g/mol. The van der Waals surface area contributed by atoms with Gasteiger partial charge in [-0.25, -0.2) is 4.79 Å². The van der Waals surface area contributed by atoms with Crippen molar-refractivity contribution >= 4 is 11.7 Å². The lowest BCUT2D eigenvalue weighted by Crippen LogP contribution is -2.15. The number of carbonyl (C=O) groups is 1. The third kappa shape index (κ3) is 2.04. The molecule has 0 radical (unpaired) electrons. The van der Waals surface area contributed by atoms with Gasteiger partial charge in [0.2, 0.25) is 0 Å². The monoisotopic (exact) mass is 193 g/mol. The van der Waals surface area contributed by atoms with E-state index in [4.69, 9.17) is 15.7 Å². The molecule has 1 aromatic rings. The Kier molecular flexibility index (Phi) is 2.77. The first-order chi connectivity index (χ1) is 6.54. The number of esters is 1. The molecule has 74 valence electrons. The van der Waals surface area contributed by atoms with Crippen LogP contribution < -0.4 is 5.73 Å². The van der Waals surface area contributed by atoms with Crippen LogP contribution >= 0.6 is 0 Å². The Morgan fingerprint density at radius 2 is 2.43 bits per heavy atom. The molecule has 0 aliphatic carbocycles. The summed E-state index contributed by atoms with van der Waals surface area (Å²) in [6.07, 6.45) is 0.854. The summed E-state index contributed by atoms with van der Waals surface area (Å²) in [5, 5.41) is 8.45. The van der Waals surface area contributed by atoms with Crippen molar-refractivity contribution in [1.29, 1.82) is 5.26 Å². The van der Waals surface area contributed by atoms with Gasteiger partial charge in [0.05, 0.1) is 5.69 Å². The van der Waals surface area contributed by atoms with Crippen molar-refractivity contribution in [2.45, 2.75) is 13.0 Å². The van der Waals surface area contributed by atoms with Gasteiger partial charge in [-0.1, -0.05) is 0 Å². The van der Waals surface area contributed by atoms with E-state index in [0.717, 1.165) is 0 Å². The van der Waals surface area contributed by atoms with E-state index in [1.807, 2.05) is 6.07 Å². The quantitative estimate of drug-likeness (QED) is 0.700. The molecular formula is C9H11N3O2. The highest BCUT2D eigenvalue weighted by Gasteiger charge is 2.14. The lowest BCUT2D eigenvalue weighted by atomic mass is 10.4. The first-order valence-electron chi connectivity index (χ1n) is 4.07. The zero-order valence-corrected chi connectivity index (χ0v) is 8.02. The van der Waals surface area contributed by atoms with Gasteiger partial charge in [0.15, 0.2) is 6.10 Å². The number of nitriles is 1. The van der Waals surface area contributed by atoms with E-state index in [-0.39, 0.29) is 0 Å². The van der Waals surface area contributed by atoms with Crippen LogP contribution in [0.3, 0.4) is 0 Å². The Labute approximate surface area is 81.7 Å². The summed E-state index contributed by atoms with van der Waals surface area (Å²) in [5.74, 6) is -0.543. The van der Waals surface area contributed by atoms with Crippen LogP contribution in [-0.2, 0) is 11.8 Å². The van der Waals surface area contributed by atoms with Gasteiger partial charge in [0.1, 0.15) is 11.8 Å². The van der Waals surface area contributed by atoms with Gasteiger partial charge in [-0.15, -0.1) is 0 Å². The summed E-state index contributed by atoms with van der Waals surface area (Å²) >= 11 is 0. The number of carbonyl (C=O) groups excluding carboxylic acids is 1. The second-order valence-corrected chi connectivity index (χ2v) is 2.95. The predicted molar refractivity (Wildman–Crippen MR) is 50.3 cm³/mol. The molecule has 0 spiro atoms. The fourth-order valence-electron chi connectivity index (χ4n) is 1.04. The predicted octanol–water partition coefficient (Wildman–Crippen LogP) is 0.676. The summed E-state index contributed by atoms with van der Waals surface area (Å²) in [4.78, 5) is 11.4. The minimum atomic E-state index is -0.751. The van der Waals surface area contributed by atoms with E-state index in [9.17, 15) is 4.79 Å². The van der Waals surface area contributed by atoms with Gasteiger partial charge >= 0.3 is 5.97 Å². The minimum absolute atomic E-state index is 0.338. The van der Waals surface area contributed by atoms with Crippen LogP contribution in [0.1, 0.15) is 17.4 Å². The topological polar surface area (TPSA) is 81.0 Å². The lowest BCUT2D eigenvalue weighted by molar-refractivity contribution is 0.0424. The standard InChI is InChI=1S/C9H11N3O2/c1-6(4-10)14-9(13)8-3-7(11)5-12(8)2/h3,5-6H,11H2,1-2H3. The maximum atomic E-state index is 11.4. The molecule has 1 aromatic heterocycles. The molecule has 0 saturated heterocycles. The van der Waals surface area contributed by atoms with Gasteiger partial charge in [-0.2, -0.15) is 5.26 Å². The first kappa shape index (κ1) is 10.1. The molecule has 1 heterocycles. The van der Waals surface area contributed by atoms with Crippen molar-refractivity contribution < 1.29 is 9.53 Å². The highest BCUT2D eigenvalue weighted by atomic mass is 16.5. The van der Waals surface area contributed by atoms with Crippen LogP contribution in [-0.4, -0.2) is 16.6 Å². The zero-order valence-electron chi connectivity index (χ0n) is 8.02. The number of hydrogen-bond acceptors (Lipinski definition) is 4. The van der Waals surface area contributed by atoms with Crippen molar-refractivity contribution in [2.24, 2.45) is 7.05 Å². The molecule has 0 aliphatic rings. The SMILES string of the molecule is CC(C#N)OC(=O)c1cc(N)cn1C. The van der Waals surface area contributed by atoms with Crippen LogP contribution in [0.25, 0.3) is 0 Å². The second kappa shape index (κ2) is 3.83. The van der Waals surface area contributed by atoms with Crippen molar-refractivity contribution in [2.75, 3.05) is 5.73 Å². The van der Waals surface area contributed by atoms with Gasteiger partial charge in [0, 0.05) is 13.2 Å². The van der Waals surface area contributed by atoms with Gasteiger partial charge in [0.25, 0.3) is 0 Å². The molecule has 5 heteroatoms. The summed E-state index contributed by atoms with van der Waals surface area (Å²) in [6, 6.07) is 3.31. The highest BCUT2D eigenvalue weighted by molar-refractivity contribution is 5.89. The van der Waals surface area contributed by atoms with Crippen molar-refractivity contribution in [3.05, 3.63) is 18.0 Å². The van der Waals surface area contributed by atoms with E-state index < -0.39 is 12.1 Å². The lowest BCUT2D eigenvalue weighted by Gasteiger charge is -2.05. The average molecular weight is 193 g/mol. The van der Waals surface area contributed by atoms with Gasteiger partial charge in [-0.3, -0.25) is 0 Å². The number of nitrogens with zero attached hydrogens (tertiary/aromatic N) is 2. The normalized spacial score (nSPS) is 11.8. The molecule has 0 aromatic carbocycles. The molecule has 2 N–H and O–H groups in total. The van der Waals surface area contributed by atoms with E-state index in [1.165, 1.54) is 13.0 Å². The van der Waals surface area contributed by atoms with Crippen molar-refractivity contribution in [1.82, 2.24) is 4.57 Å². The fourth-order valence-corrected chi connectivity index (χ4v) is 1.04. The van der Waals surface area contributed by atoms with Crippen LogP contribution in [0.4, 0.5) is 5.69 Å². The molecule has 0 fully saturated rings. The molecule has 0 bridgehead atoms. The second-order valence-electron chi connectivity index (χ2n) is 2.95. The first-order valence-corrected chi connectivity index (χ1v) is 4.07. The third-order valence-electron chi connectivity index (χ3n) is 1.70. The Morgan fingerprint density at radius 1 is 1.79 bits per heavy atom. The van der Waals surface area contributed by atoms with E-state index in [2.05, 4.69) is 0 Å². The smallest absolute Gasteiger partial charge is 0.356 e. The van der Waals surface area contributed by atoms with Crippen LogP contribution in [0.5, 0.6) is 0 Å². The Hall–Kier alpha value is -1.96. The third-order valence-corrected chi connectivity index (χ3v) is 1.70. The van der Waals surface area contributed by atoms with Crippen LogP contribution in [0, 0.1) is 11.3 Å². The van der Waals surface area contributed by atoms with E-state index in [1.54, 1.807) is 17.8 Å². The summed E-state index contributed by atoms with van der Waals surface area (Å²) in [5.41, 5.74) is 6.31. The minimum Gasteiger partial charge on any atom is -0.443 e. The number of rotatable bonds is 2. The number of anilines is 1. The van der Waals surface area contributed by atoms with Crippen LogP contribution in [0.15, 0.2) is 12.3 Å². The number of ether oxygens (including phenoxy) is 1.